The summed E-state index contributed by atoms with van der Waals surface area (Å²) in [4.78, 5) is 14.1. The highest BCUT2D eigenvalue weighted by Crippen LogP contribution is 2.28. The van der Waals surface area contributed by atoms with E-state index in [0.29, 0.717) is 0 Å². The molecule has 1 amide bonds. The first-order chi connectivity index (χ1) is 6.43. The van der Waals surface area contributed by atoms with E-state index in [1.807, 2.05) is 0 Å². The number of aromatic nitrogens is 1. The van der Waals surface area contributed by atoms with Crippen LogP contribution in [0, 0.1) is 0 Å². The quantitative estimate of drug-likeness (QED) is 0.640. The van der Waals surface area contributed by atoms with Gasteiger partial charge < -0.3 is 17.2 Å². The van der Waals surface area contributed by atoms with E-state index in [1.165, 1.54) is 0 Å². The fourth-order valence-corrected chi connectivity index (χ4v) is 0.902. The number of carbonyl (C=O) groups is 1. The highest BCUT2D eigenvalue weighted by Gasteiger charge is 2.17. The third-order valence-electron chi connectivity index (χ3n) is 1.61. The van der Waals surface area contributed by atoms with E-state index in [-0.39, 0.29) is 17.2 Å². The molecule has 0 atom stereocenters. The zero-order valence-corrected chi connectivity index (χ0v) is 7.00. The molecule has 0 spiro atoms. The lowest BCUT2D eigenvalue weighted by Crippen LogP contribution is -2.16. The second-order valence-electron chi connectivity index (χ2n) is 2.56. The number of nitrogens with two attached hydrogens (primary N) is 3. The van der Waals surface area contributed by atoms with E-state index < -0.39 is 17.9 Å². The normalized spacial score (nSPS) is 10.5. The van der Waals surface area contributed by atoms with Gasteiger partial charge in [0, 0.05) is 5.56 Å². The lowest BCUT2D eigenvalue weighted by molar-refractivity contribution is 0.0995. The molecule has 1 aromatic heterocycles. The maximum atomic E-state index is 12.3. The van der Waals surface area contributed by atoms with Gasteiger partial charge in [-0.3, -0.25) is 4.79 Å². The van der Waals surface area contributed by atoms with Crippen molar-refractivity contribution < 1.29 is 13.6 Å². The summed E-state index contributed by atoms with van der Waals surface area (Å²) < 4.78 is 24.7. The zero-order valence-electron chi connectivity index (χ0n) is 7.00. The van der Waals surface area contributed by atoms with Gasteiger partial charge in [0.05, 0.1) is 5.69 Å². The minimum absolute atomic E-state index is 0.323. The Kier molecular flexibility index (Phi) is 2.50. The van der Waals surface area contributed by atoms with Crippen molar-refractivity contribution in [1.29, 1.82) is 0 Å². The van der Waals surface area contributed by atoms with Gasteiger partial charge in [0.25, 0.3) is 12.3 Å². The summed E-state index contributed by atoms with van der Waals surface area (Å²) in [5.74, 6) is -1.25. The predicted octanol–water partition coefficient (Wildman–Crippen LogP) is 0.282. The molecule has 0 radical (unpaired) electrons. The van der Waals surface area contributed by atoms with E-state index in [0.717, 1.165) is 6.07 Å². The Morgan fingerprint density at radius 1 is 1.43 bits per heavy atom. The largest absolute Gasteiger partial charge is 0.395 e. The molecule has 76 valence electrons. The predicted molar refractivity (Wildman–Crippen MR) is 46.5 cm³/mol. The Morgan fingerprint density at radius 3 is 2.43 bits per heavy atom. The van der Waals surface area contributed by atoms with Crippen molar-refractivity contribution in [2.45, 2.75) is 6.43 Å². The molecule has 0 aliphatic rings. The second kappa shape index (κ2) is 3.44. The van der Waals surface area contributed by atoms with Crippen LogP contribution in [-0.4, -0.2) is 10.9 Å². The molecule has 0 bridgehead atoms. The number of primary amides is 1. The first-order valence-electron chi connectivity index (χ1n) is 3.57. The average Bonchev–Trinajstić information content (AvgIpc) is 2.08. The van der Waals surface area contributed by atoms with Gasteiger partial charge >= 0.3 is 0 Å². The van der Waals surface area contributed by atoms with Crippen molar-refractivity contribution in [3.05, 3.63) is 17.3 Å². The number of anilines is 2. The lowest BCUT2D eigenvalue weighted by atomic mass is 10.2. The molecule has 0 aromatic carbocycles. The summed E-state index contributed by atoms with van der Waals surface area (Å²) in [5.41, 5.74) is 14.1. The molecule has 0 saturated carbocycles. The van der Waals surface area contributed by atoms with Gasteiger partial charge in [0.15, 0.2) is 0 Å². The van der Waals surface area contributed by atoms with E-state index in [4.69, 9.17) is 17.2 Å². The minimum Gasteiger partial charge on any atom is -0.395 e. The summed E-state index contributed by atoms with van der Waals surface area (Å²) in [6.07, 6.45) is -2.82. The van der Waals surface area contributed by atoms with Gasteiger partial charge in [0.2, 0.25) is 0 Å². The molecule has 1 rings (SSSR count). The van der Waals surface area contributed by atoms with Gasteiger partial charge in [-0.25, -0.2) is 13.8 Å². The Balaban J connectivity index is 3.35. The number of hydrogen-bond acceptors (Lipinski definition) is 4. The molecule has 7 heteroatoms. The minimum atomic E-state index is -2.82. The average molecular weight is 202 g/mol. The molecule has 1 aromatic rings. The van der Waals surface area contributed by atoms with E-state index in [1.54, 1.807) is 0 Å². The number of hydrogen-bond donors (Lipinski definition) is 3. The Labute approximate surface area is 77.9 Å². The molecule has 5 nitrogen and oxygen atoms in total. The molecule has 0 fully saturated rings. The lowest BCUT2D eigenvalue weighted by Gasteiger charge is -2.07. The highest BCUT2D eigenvalue weighted by molar-refractivity contribution is 5.92. The molecule has 0 aliphatic carbocycles. The molecular formula is C7H8F2N4O. The third kappa shape index (κ3) is 1.70. The summed E-state index contributed by atoms with van der Waals surface area (Å²) >= 11 is 0. The third-order valence-corrected chi connectivity index (χ3v) is 1.61. The number of rotatable bonds is 2. The van der Waals surface area contributed by atoms with Crippen LogP contribution < -0.4 is 17.2 Å². The van der Waals surface area contributed by atoms with E-state index >= 15 is 0 Å². The van der Waals surface area contributed by atoms with Crippen molar-refractivity contribution in [3.63, 3.8) is 0 Å². The molecule has 0 saturated heterocycles. The smallest absolute Gasteiger partial charge is 0.267 e. The van der Waals surface area contributed by atoms with Crippen LogP contribution in [0.25, 0.3) is 0 Å². The van der Waals surface area contributed by atoms with Gasteiger partial charge in [-0.1, -0.05) is 0 Å². The van der Waals surface area contributed by atoms with Crippen LogP contribution in [0.2, 0.25) is 0 Å². The SMILES string of the molecule is NC(=O)c1cc(C(F)F)c(N)c(N)n1. The highest BCUT2D eigenvalue weighted by atomic mass is 19.3. The van der Waals surface area contributed by atoms with Crippen LogP contribution in [0.15, 0.2) is 6.07 Å². The number of nitrogens with zero attached hydrogens (tertiary/aromatic N) is 1. The first kappa shape index (κ1) is 10.2. The maximum Gasteiger partial charge on any atom is 0.267 e. The number of pyridine rings is 1. The summed E-state index contributed by atoms with van der Waals surface area (Å²) in [7, 11) is 0. The standard InChI is InChI=1S/C7H8F2N4O/c8-5(9)2-1-3(7(12)14)13-6(11)4(2)10/h1,5H,10H2,(H2,11,13)(H2,12,14). The van der Waals surface area contributed by atoms with Crippen molar-refractivity contribution in [2.24, 2.45) is 5.73 Å². The van der Waals surface area contributed by atoms with Crippen LogP contribution >= 0.6 is 0 Å². The second-order valence-corrected chi connectivity index (χ2v) is 2.56. The van der Waals surface area contributed by atoms with Crippen molar-refractivity contribution >= 4 is 17.4 Å². The van der Waals surface area contributed by atoms with Crippen LogP contribution in [0.3, 0.4) is 0 Å². The molecule has 6 N–H and O–H groups in total. The fourth-order valence-electron chi connectivity index (χ4n) is 0.902. The van der Waals surface area contributed by atoms with E-state index in [2.05, 4.69) is 4.98 Å². The van der Waals surface area contributed by atoms with Gasteiger partial charge in [0.1, 0.15) is 11.5 Å². The van der Waals surface area contributed by atoms with Gasteiger partial charge in [-0.2, -0.15) is 0 Å². The Hall–Kier alpha value is -1.92. The Morgan fingerprint density at radius 2 is 2.00 bits per heavy atom. The van der Waals surface area contributed by atoms with Crippen molar-refractivity contribution in [2.75, 3.05) is 11.5 Å². The van der Waals surface area contributed by atoms with Crippen LogP contribution in [0.5, 0.6) is 0 Å². The molecule has 0 unspecified atom stereocenters. The monoisotopic (exact) mass is 202 g/mol. The number of nitrogen functional groups attached to an aromatic ring is 2. The molecule has 14 heavy (non-hydrogen) atoms. The number of halogens is 2. The molecule has 0 aliphatic heterocycles. The topological polar surface area (TPSA) is 108 Å². The molecule has 1 heterocycles. The number of alkyl halides is 2. The fraction of sp³-hybridized carbons (Fsp3) is 0.143. The maximum absolute atomic E-state index is 12.3. The van der Waals surface area contributed by atoms with Gasteiger partial charge in [-0.15, -0.1) is 0 Å². The van der Waals surface area contributed by atoms with Crippen LogP contribution in [0.1, 0.15) is 22.5 Å². The van der Waals surface area contributed by atoms with Crippen LogP contribution in [-0.2, 0) is 0 Å². The van der Waals surface area contributed by atoms with Crippen LogP contribution in [0.4, 0.5) is 20.3 Å². The Bertz CT molecular complexity index is 380. The number of amides is 1. The van der Waals surface area contributed by atoms with Crippen molar-refractivity contribution in [1.82, 2.24) is 4.98 Å². The zero-order chi connectivity index (χ0) is 10.9. The van der Waals surface area contributed by atoms with E-state index in [9.17, 15) is 13.6 Å². The summed E-state index contributed by atoms with van der Waals surface area (Å²) in [6.45, 7) is 0. The number of carbonyl (C=O) groups excluding carboxylic acids is 1. The first-order valence-corrected chi connectivity index (χ1v) is 3.57. The summed E-state index contributed by atoms with van der Waals surface area (Å²) in [5, 5.41) is 0. The van der Waals surface area contributed by atoms with Crippen molar-refractivity contribution in [3.8, 4) is 0 Å². The summed E-state index contributed by atoms with van der Waals surface area (Å²) in [6, 6.07) is 0.832. The van der Waals surface area contributed by atoms with Gasteiger partial charge in [-0.05, 0) is 6.07 Å². The molecular weight excluding hydrogens is 194 g/mol.